The molecule has 0 aliphatic carbocycles. The quantitative estimate of drug-likeness (QED) is 0.500. The van der Waals surface area contributed by atoms with E-state index in [0.717, 1.165) is 58.0 Å². The van der Waals surface area contributed by atoms with Crippen molar-refractivity contribution in [3.63, 3.8) is 0 Å². The first-order valence-corrected chi connectivity index (χ1v) is 7.82. The van der Waals surface area contributed by atoms with Gasteiger partial charge in [-0.2, -0.15) is 0 Å². The van der Waals surface area contributed by atoms with Gasteiger partial charge < -0.3 is 15.4 Å². The first-order chi connectivity index (χ1) is 9.74. The summed E-state index contributed by atoms with van der Waals surface area (Å²) in [6.45, 7) is 1.71. The summed E-state index contributed by atoms with van der Waals surface area (Å²) < 4.78 is 4.59. The fourth-order valence-electron chi connectivity index (χ4n) is 2.44. The highest BCUT2D eigenvalue weighted by Gasteiger charge is 2.19. The normalized spacial score (nSPS) is 18.6. The van der Waals surface area contributed by atoms with Gasteiger partial charge in [0.05, 0.1) is 13.2 Å². The van der Waals surface area contributed by atoms with E-state index in [1.54, 1.807) is 0 Å². The number of ether oxygens (including phenoxy) is 1. The van der Waals surface area contributed by atoms with Gasteiger partial charge >= 0.3 is 5.97 Å². The molecule has 1 amide bonds. The molecule has 5 heteroatoms. The van der Waals surface area contributed by atoms with Crippen molar-refractivity contribution in [1.29, 1.82) is 0 Å². The average molecular weight is 284 g/mol. The number of carbonyl (C=O) groups is 2. The second-order valence-electron chi connectivity index (χ2n) is 5.39. The van der Waals surface area contributed by atoms with Crippen molar-refractivity contribution >= 4 is 11.9 Å². The number of methoxy groups -OCH3 is 1. The molecule has 1 heterocycles. The largest absolute Gasteiger partial charge is 0.469 e. The van der Waals surface area contributed by atoms with Gasteiger partial charge in [-0.1, -0.05) is 25.7 Å². The third kappa shape index (κ3) is 7.48. The van der Waals surface area contributed by atoms with E-state index in [4.69, 9.17) is 0 Å². The standard InChI is InChI=1S/C15H28N2O3/c1-20-14(18)10-5-3-2-4-7-12-17-15(19)13-9-6-8-11-16-13/h13,16H,2-12H2,1H3,(H,17,19). The summed E-state index contributed by atoms with van der Waals surface area (Å²) in [7, 11) is 1.42. The van der Waals surface area contributed by atoms with Gasteiger partial charge in [0.1, 0.15) is 0 Å². The highest BCUT2D eigenvalue weighted by molar-refractivity contribution is 5.81. The van der Waals surface area contributed by atoms with Crippen LogP contribution < -0.4 is 10.6 Å². The molecule has 1 unspecified atom stereocenters. The molecule has 1 rings (SSSR count). The highest BCUT2D eigenvalue weighted by Crippen LogP contribution is 2.08. The third-order valence-electron chi connectivity index (χ3n) is 3.71. The van der Waals surface area contributed by atoms with Gasteiger partial charge in [-0.15, -0.1) is 0 Å². The van der Waals surface area contributed by atoms with Crippen molar-refractivity contribution in [3.05, 3.63) is 0 Å². The zero-order chi connectivity index (χ0) is 14.6. The summed E-state index contributed by atoms with van der Waals surface area (Å²) in [5.41, 5.74) is 0. The molecular weight excluding hydrogens is 256 g/mol. The molecule has 0 spiro atoms. The number of piperidine rings is 1. The number of hydrogen-bond donors (Lipinski definition) is 2. The minimum absolute atomic E-state index is 0.0174. The van der Waals surface area contributed by atoms with Gasteiger partial charge in [0.2, 0.25) is 5.91 Å². The van der Waals surface area contributed by atoms with Crippen LogP contribution in [0, 0.1) is 0 Å². The molecule has 1 fully saturated rings. The van der Waals surface area contributed by atoms with E-state index in [9.17, 15) is 9.59 Å². The Morgan fingerprint density at radius 2 is 1.90 bits per heavy atom. The predicted molar refractivity (Wildman–Crippen MR) is 78.4 cm³/mol. The maximum absolute atomic E-state index is 11.8. The fourth-order valence-corrected chi connectivity index (χ4v) is 2.44. The Bertz CT molecular complexity index is 289. The molecule has 0 saturated carbocycles. The van der Waals surface area contributed by atoms with Crippen LogP contribution in [0.5, 0.6) is 0 Å². The second kappa shape index (κ2) is 10.7. The zero-order valence-corrected chi connectivity index (χ0v) is 12.6. The number of hydrogen-bond acceptors (Lipinski definition) is 4. The second-order valence-corrected chi connectivity index (χ2v) is 5.39. The molecule has 5 nitrogen and oxygen atoms in total. The lowest BCUT2D eigenvalue weighted by Crippen LogP contribution is -2.46. The van der Waals surface area contributed by atoms with E-state index in [2.05, 4.69) is 15.4 Å². The summed E-state index contributed by atoms with van der Waals surface area (Å²) >= 11 is 0. The van der Waals surface area contributed by atoms with Crippen LogP contribution in [-0.2, 0) is 14.3 Å². The van der Waals surface area contributed by atoms with Gasteiger partial charge in [-0.05, 0) is 32.2 Å². The van der Waals surface area contributed by atoms with Crippen LogP contribution >= 0.6 is 0 Å². The molecule has 0 aromatic rings. The molecule has 0 bridgehead atoms. The summed E-state index contributed by atoms with van der Waals surface area (Å²) in [6.07, 6.45) is 8.95. The maximum Gasteiger partial charge on any atom is 0.305 e. The monoisotopic (exact) mass is 284 g/mol. The summed E-state index contributed by atoms with van der Waals surface area (Å²) in [4.78, 5) is 22.7. The number of carbonyl (C=O) groups excluding carboxylic acids is 2. The maximum atomic E-state index is 11.8. The Labute approximate surface area is 121 Å². The number of amides is 1. The lowest BCUT2D eigenvalue weighted by Gasteiger charge is -2.22. The number of nitrogens with one attached hydrogen (secondary N) is 2. The Morgan fingerprint density at radius 3 is 2.60 bits per heavy atom. The van der Waals surface area contributed by atoms with Crippen molar-refractivity contribution in [2.24, 2.45) is 0 Å². The van der Waals surface area contributed by atoms with Gasteiger partial charge in [0, 0.05) is 13.0 Å². The summed E-state index contributed by atoms with van der Waals surface area (Å²) in [6, 6.07) is 0.0174. The van der Waals surface area contributed by atoms with Crippen molar-refractivity contribution in [2.45, 2.75) is 63.8 Å². The van der Waals surface area contributed by atoms with Gasteiger partial charge in [0.25, 0.3) is 0 Å². The third-order valence-corrected chi connectivity index (χ3v) is 3.71. The molecule has 0 radical (unpaired) electrons. The topological polar surface area (TPSA) is 67.4 Å². The van der Waals surface area contributed by atoms with Crippen LogP contribution in [-0.4, -0.2) is 38.1 Å². The lowest BCUT2D eigenvalue weighted by molar-refractivity contribution is -0.140. The molecule has 0 aromatic carbocycles. The molecule has 20 heavy (non-hydrogen) atoms. The van der Waals surface area contributed by atoms with Crippen molar-refractivity contribution < 1.29 is 14.3 Å². The smallest absolute Gasteiger partial charge is 0.305 e. The van der Waals surface area contributed by atoms with E-state index in [1.165, 1.54) is 13.5 Å². The van der Waals surface area contributed by atoms with Crippen molar-refractivity contribution in [3.8, 4) is 0 Å². The Hall–Kier alpha value is -1.10. The van der Waals surface area contributed by atoms with Crippen molar-refractivity contribution in [1.82, 2.24) is 10.6 Å². The van der Waals surface area contributed by atoms with E-state index < -0.39 is 0 Å². The molecule has 1 aliphatic rings. The fraction of sp³-hybridized carbons (Fsp3) is 0.867. The predicted octanol–water partition coefficient (Wildman–Crippen LogP) is 1.76. The van der Waals surface area contributed by atoms with E-state index in [0.29, 0.717) is 6.42 Å². The van der Waals surface area contributed by atoms with Crippen LogP contribution in [0.1, 0.15) is 57.8 Å². The number of rotatable bonds is 9. The first-order valence-electron chi connectivity index (χ1n) is 7.82. The molecule has 2 N–H and O–H groups in total. The van der Waals surface area contributed by atoms with E-state index in [1.807, 2.05) is 0 Å². The molecule has 116 valence electrons. The Morgan fingerprint density at radius 1 is 1.15 bits per heavy atom. The molecule has 1 saturated heterocycles. The summed E-state index contributed by atoms with van der Waals surface area (Å²) in [5, 5.41) is 6.24. The first kappa shape index (κ1) is 17.0. The van der Waals surface area contributed by atoms with E-state index >= 15 is 0 Å². The summed E-state index contributed by atoms with van der Waals surface area (Å²) in [5.74, 6) is 0.0210. The molecule has 0 aromatic heterocycles. The molecule has 1 aliphatic heterocycles. The molecular formula is C15H28N2O3. The van der Waals surface area contributed by atoms with Gasteiger partial charge in [-0.3, -0.25) is 9.59 Å². The SMILES string of the molecule is COC(=O)CCCCCCCNC(=O)C1CCCCN1. The van der Waals surface area contributed by atoms with Crippen LogP contribution in [0.25, 0.3) is 0 Å². The highest BCUT2D eigenvalue weighted by atomic mass is 16.5. The number of unbranched alkanes of at least 4 members (excludes halogenated alkanes) is 4. The van der Waals surface area contributed by atoms with Gasteiger partial charge in [0.15, 0.2) is 0 Å². The van der Waals surface area contributed by atoms with Crippen LogP contribution in [0.4, 0.5) is 0 Å². The molecule has 1 atom stereocenters. The Kier molecular flexibility index (Phi) is 9.04. The van der Waals surface area contributed by atoms with Crippen molar-refractivity contribution in [2.75, 3.05) is 20.2 Å². The van der Waals surface area contributed by atoms with Gasteiger partial charge in [-0.25, -0.2) is 0 Å². The van der Waals surface area contributed by atoms with Crippen LogP contribution in [0.3, 0.4) is 0 Å². The average Bonchev–Trinajstić information content (AvgIpc) is 2.50. The van der Waals surface area contributed by atoms with Crippen LogP contribution in [0.15, 0.2) is 0 Å². The minimum atomic E-state index is -0.128. The van der Waals surface area contributed by atoms with E-state index in [-0.39, 0.29) is 17.9 Å². The minimum Gasteiger partial charge on any atom is -0.469 e. The number of esters is 1. The lowest BCUT2D eigenvalue weighted by atomic mass is 10.0. The Balaban J connectivity index is 1.89. The van der Waals surface area contributed by atoms with Crippen LogP contribution in [0.2, 0.25) is 0 Å². The zero-order valence-electron chi connectivity index (χ0n) is 12.6.